The number of furan rings is 1. The average molecular weight is 375 g/mol. The molecule has 7 nitrogen and oxygen atoms in total. The van der Waals surface area contributed by atoms with Gasteiger partial charge in [-0.3, -0.25) is 4.79 Å². The predicted molar refractivity (Wildman–Crippen MR) is 94.4 cm³/mol. The van der Waals surface area contributed by atoms with Crippen molar-refractivity contribution in [3.8, 4) is 0 Å². The summed E-state index contributed by atoms with van der Waals surface area (Å²) >= 11 is 0. The van der Waals surface area contributed by atoms with E-state index < -0.39 is 34.4 Å². The monoisotopic (exact) mass is 375 g/mol. The number of anilines is 1. The van der Waals surface area contributed by atoms with Crippen LogP contribution in [-0.2, 0) is 19.4 Å². The number of sulfone groups is 1. The topological polar surface area (TPSA) is 93.9 Å². The summed E-state index contributed by atoms with van der Waals surface area (Å²) in [6.07, 6.45) is 2.82. The first-order valence-corrected chi connectivity index (χ1v) is 9.58. The summed E-state index contributed by atoms with van der Waals surface area (Å²) in [5.41, 5.74) is 0.771. The van der Waals surface area contributed by atoms with Crippen LogP contribution in [0.3, 0.4) is 0 Å². The molecule has 0 aliphatic carbocycles. The number of amides is 1. The van der Waals surface area contributed by atoms with Crippen molar-refractivity contribution >= 4 is 27.4 Å². The second-order valence-corrected chi connectivity index (χ2v) is 7.72. The van der Waals surface area contributed by atoms with Gasteiger partial charge in [0, 0.05) is 11.1 Å². The molecule has 0 saturated heterocycles. The zero-order valence-electron chi connectivity index (χ0n) is 14.0. The van der Waals surface area contributed by atoms with Gasteiger partial charge in [0.05, 0.1) is 18.1 Å². The number of aryl methyl sites for hydroxylation is 1. The van der Waals surface area contributed by atoms with Crippen LogP contribution in [0.15, 0.2) is 58.6 Å². The van der Waals surface area contributed by atoms with Gasteiger partial charge in [0.15, 0.2) is 16.4 Å². The van der Waals surface area contributed by atoms with Crippen molar-refractivity contribution in [3.05, 3.63) is 65.5 Å². The second-order valence-electron chi connectivity index (χ2n) is 5.79. The van der Waals surface area contributed by atoms with Crippen LogP contribution in [0, 0.1) is 6.92 Å². The molecule has 0 N–H and O–H groups in total. The summed E-state index contributed by atoms with van der Waals surface area (Å²) in [5, 5.41) is 1.10. The fourth-order valence-electron chi connectivity index (χ4n) is 2.70. The lowest BCUT2D eigenvalue weighted by Gasteiger charge is -2.27. The molecule has 1 amide bonds. The van der Waals surface area contributed by atoms with E-state index in [1.165, 1.54) is 23.3 Å². The molecule has 0 radical (unpaired) electrons. The third-order valence-corrected chi connectivity index (χ3v) is 5.33. The fourth-order valence-corrected chi connectivity index (χ4v) is 3.97. The molecular weight excluding hydrogens is 358 g/mol. The number of hydrogen-bond donors (Lipinski definition) is 0. The summed E-state index contributed by atoms with van der Waals surface area (Å²) in [7, 11) is -3.35. The molecule has 136 valence electrons. The SMILES string of the molecule is Cc1occc1C(=O)OCC(=O)N(c1ccccc1)[C@@H]1C=CS(=O)(=O)C1. The molecule has 2 aromatic rings. The van der Waals surface area contributed by atoms with Crippen LogP contribution in [0.25, 0.3) is 0 Å². The van der Waals surface area contributed by atoms with Crippen LogP contribution in [0.1, 0.15) is 16.1 Å². The minimum atomic E-state index is -3.35. The van der Waals surface area contributed by atoms with Crippen LogP contribution < -0.4 is 4.90 Å². The van der Waals surface area contributed by atoms with Crippen LogP contribution in [0.2, 0.25) is 0 Å². The van der Waals surface area contributed by atoms with E-state index in [1.807, 2.05) is 0 Å². The molecule has 0 fully saturated rings. The molecule has 1 aromatic heterocycles. The summed E-state index contributed by atoms with van der Waals surface area (Å²) in [5.74, 6) is -1.00. The highest BCUT2D eigenvalue weighted by Gasteiger charge is 2.32. The Bertz CT molecular complexity index is 945. The summed E-state index contributed by atoms with van der Waals surface area (Å²) < 4.78 is 33.6. The highest BCUT2D eigenvalue weighted by Crippen LogP contribution is 2.23. The Morgan fingerprint density at radius 3 is 2.54 bits per heavy atom. The van der Waals surface area contributed by atoms with E-state index in [0.717, 1.165) is 5.41 Å². The van der Waals surface area contributed by atoms with Crippen molar-refractivity contribution in [2.45, 2.75) is 13.0 Å². The first-order chi connectivity index (χ1) is 12.4. The molecule has 8 heteroatoms. The summed E-state index contributed by atoms with van der Waals surface area (Å²) in [6, 6.07) is 9.47. The molecule has 0 unspecified atom stereocenters. The van der Waals surface area contributed by atoms with E-state index in [0.29, 0.717) is 11.4 Å². The molecule has 1 atom stereocenters. The van der Waals surface area contributed by atoms with Gasteiger partial charge in [-0.1, -0.05) is 18.2 Å². The van der Waals surface area contributed by atoms with E-state index in [-0.39, 0.29) is 11.3 Å². The van der Waals surface area contributed by atoms with Crippen LogP contribution in [0.5, 0.6) is 0 Å². The first kappa shape index (κ1) is 17.9. The van der Waals surface area contributed by atoms with E-state index >= 15 is 0 Å². The number of benzene rings is 1. The Morgan fingerprint density at radius 1 is 1.23 bits per heavy atom. The molecule has 3 rings (SSSR count). The number of nitrogens with zero attached hydrogens (tertiary/aromatic N) is 1. The number of carbonyl (C=O) groups excluding carboxylic acids is 2. The van der Waals surface area contributed by atoms with Crippen molar-refractivity contribution in [2.24, 2.45) is 0 Å². The van der Waals surface area contributed by atoms with Gasteiger partial charge in [-0.15, -0.1) is 0 Å². The second kappa shape index (κ2) is 7.17. The van der Waals surface area contributed by atoms with E-state index in [1.54, 1.807) is 37.3 Å². The van der Waals surface area contributed by atoms with E-state index in [4.69, 9.17) is 9.15 Å². The van der Waals surface area contributed by atoms with Crippen molar-refractivity contribution in [2.75, 3.05) is 17.3 Å². The van der Waals surface area contributed by atoms with Gasteiger partial charge in [0.1, 0.15) is 11.3 Å². The maximum absolute atomic E-state index is 12.7. The van der Waals surface area contributed by atoms with Crippen LogP contribution in [-0.4, -0.2) is 38.7 Å². The molecule has 2 heterocycles. The minimum absolute atomic E-state index is 0.206. The van der Waals surface area contributed by atoms with Crippen molar-refractivity contribution in [3.63, 3.8) is 0 Å². The highest BCUT2D eigenvalue weighted by molar-refractivity contribution is 7.94. The first-order valence-electron chi connectivity index (χ1n) is 7.87. The van der Waals surface area contributed by atoms with Gasteiger partial charge in [0.2, 0.25) is 0 Å². The van der Waals surface area contributed by atoms with Gasteiger partial charge in [-0.05, 0) is 31.2 Å². The van der Waals surface area contributed by atoms with Gasteiger partial charge in [-0.2, -0.15) is 0 Å². The average Bonchev–Trinajstić information content (AvgIpc) is 3.19. The Morgan fingerprint density at radius 2 is 1.96 bits per heavy atom. The van der Waals surface area contributed by atoms with Crippen LogP contribution in [0.4, 0.5) is 5.69 Å². The number of carbonyl (C=O) groups is 2. The van der Waals surface area contributed by atoms with Crippen molar-refractivity contribution < 1.29 is 27.2 Å². The smallest absolute Gasteiger partial charge is 0.342 e. The molecule has 1 aliphatic rings. The third-order valence-electron chi connectivity index (χ3n) is 3.95. The van der Waals surface area contributed by atoms with Crippen molar-refractivity contribution in [1.29, 1.82) is 0 Å². The van der Waals surface area contributed by atoms with Gasteiger partial charge in [-0.25, -0.2) is 13.2 Å². The summed E-state index contributed by atoms with van der Waals surface area (Å²) in [6.45, 7) is 1.10. The Hall–Kier alpha value is -2.87. The van der Waals surface area contributed by atoms with Crippen molar-refractivity contribution in [1.82, 2.24) is 0 Å². The Labute approximate surface area is 150 Å². The normalized spacial score (nSPS) is 17.8. The standard InChI is InChI=1S/C18H17NO6S/c1-13-16(7-9-24-13)18(21)25-11-17(20)19(14-5-3-2-4-6-14)15-8-10-26(22,23)12-15/h2-10,15H,11-12H2,1H3/t15-/m1/s1. The molecule has 1 aromatic carbocycles. The van der Waals surface area contributed by atoms with Gasteiger partial charge in [0.25, 0.3) is 5.91 Å². The number of hydrogen-bond acceptors (Lipinski definition) is 6. The minimum Gasteiger partial charge on any atom is -0.469 e. The van der Waals surface area contributed by atoms with E-state index in [9.17, 15) is 18.0 Å². The van der Waals surface area contributed by atoms with Gasteiger partial charge >= 0.3 is 5.97 Å². The lowest BCUT2D eigenvalue weighted by atomic mass is 10.2. The zero-order valence-corrected chi connectivity index (χ0v) is 14.8. The number of ether oxygens (including phenoxy) is 1. The number of para-hydroxylation sites is 1. The lowest BCUT2D eigenvalue weighted by Crippen LogP contribution is -2.43. The Kier molecular flexibility index (Phi) is 4.94. The Balaban J connectivity index is 1.77. The lowest BCUT2D eigenvalue weighted by molar-refractivity contribution is -0.121. The number of rotatable bonds is 5. The van der Waals surface area contributed by atoms with Crippen LogP contribution >= 0.6 is 0 Å². The van der Waals surface area contributed by atoms with Gasteiger partial charge < -0.3 is 14.1 Å². The predicted octanol–water partition coefficient (Wildman–Crippen LogP) is 2.09. The quantitative estimate of drug-likeness (QED) is 0.743. The maximum atomic E-state index is 12.7. The number of esters is 1. The summed E-state index contributed by atoms with van der Waals surface area (Å²) in [4.78, 5) is 26.1. The molecule has 0 spiro atoms. The molecular formula is C18H17NO6S. The highest BCUT2D eigenvalue weighted by atomic mass is 32.2. The maximum Gasteiger partial charge on any atom is 0.342 e. The zero-order chi connectivity index (χ0) is 18.7. The van der Waals surface area contributed by atoms with E-state index in [2.05, 4.69) is 0 Å². The fraction of sp³-hybridized carbons (Fsp3) is 0.222. The largest absolute Gasteiger partial charge is 0.469 e. The molecule has 1 aliphatic heterocycles. The molecule has 0 saturated carbocycles. The molecule has 0 bridgehead atoms. The third kappa shape index (κ3) is 3.85. The molecule has 26 heavy (non-hydrogen) atoms.